The van der Waals surface area contributed by atoms with Crippen molar-refractivity contribution in [3.05, 3.63) is 35.4 Å². The minimum atomic E-state index is -0.825. The first-order chi connectivity index (χ1) is 11.3. The number of hydrogen-bond donors (Lipinski definition) is 3. The van der Waals surface area contributed by atoms with Crippen molar-refractivity contribution in [1.82, 2.24) is 4.90 Å². The highest BCUT2D eigenvalue weighted by Crippen LogP contribution is 2.34. The number of aliphatic hydroxyl groups excluding tert-OH is 3. The van der Waals surface area contributed by atoms with Gasteiger partial charge in [-0.25, -0.2) is 0 Å². The van der Waals surface area contributed by atoms with Crippen LogP contribution < -0.4 is 0 Å². The summed E-state index contributed by atoms with van der Waals surface area (Å²) >= 11 is 0. The zero-order valence-electron chi connectivity index (χ0n) is 15.0. The van der Waals surface area contributed by atoms with Gasteiger partial charge >= 0.3 is 0 Å². The first kappa shape index (κ1) is 17.9. The molecular weight excluding hydrogens is 302 g/mol. The van der Waals surface area contributed by atoms with Crippen LogP contribution in [0.2, 0.25) is 0 Å². The molecule has 0 aromatic heterocycles. The van der Waals surface area contributed by atoms with Gasteiger partial charge in [-0.1, -0.05) is 45.0 Å². The first-order valence-electron chi connectivity index (χ1n) is 9.17. The summed E-state index contributed by atoms with van der Waals surface area (Å²) in [6, 6.07) is 8.87. The SMILES string of the molecule is CC(C)(C)c1ccc(CC[C@H]2CC[C@@H](O)[C@@H]3[C@H](O)[C@H](O)CN23)cc1. The second kappa shape index (κ2) is 6.75. The van der Waals surface area contributed by atoms with Gasteiger partial charge in [-0.3, -0.25) is 4.90 Å². The normalized spacial score (nSPS) is 34.3. The summed E-state index contributed by atoms with van der Waals surface area (Å²) in [5.74, 6) is 0. The molecule has 5 atom stereocenters. The summed E-state index contributed by atoms with van der Waals surface area (Å²) in [6.07, 6.45) is 1.53. The Hall–Kier alpha value is -0.940. The molecule has 24 heavy (non-hydrogen) atoms. The molecule has 2 aliphatic rings. The van der Waals surface area contributed by atoms with Crippen LogP contribution in [-0.2, 0) is 11.8 Å². The number of rotatable bonds is 3. The van der Waals surface area contributed by atoms with E-state index in [2.05, 4.69) is 49.9 Å². The van der Waals surface area contributed by atoms with Gasteiger partial charge in [0.05, 0.1) is 24.4 Å². The maximum atomic E-state index is 10.2. The molecule has 3 N–H and O–H groups in total. The van der Waals surface area contributed by atoms with Crippen molar-refractivity contribution in [2.45, 2.75) is 82.3 Å². The smallest absolute Gasteiger partial charge is 0.0991 e. The van der Waals surface area contributed by atoms with E-state index in [0.717, 1.165) is 19.3 Å². The summed E-state index contributed by atoms with van der Waals surface area (Å²) in [5, 5.41) is 30.2. The lowest BCUT2D eigenvalue weighted by molar-refractivity contribution is -0.0463. The highest BCUT2D eigenvalue weighted by molar-refractivity contribution is 5.27. The Labute approximate surface area is 145 Å². The van der Waals surface area contributed by atoms with Crippen molar-refractivity contribution < 1.29 is 15.3 Å². The summed E-state index contributed by atoms with van der Waals surface area (Å²) in [6.45, 7) is 7.13. The van der Waals surface area contributed by atoms with Crippen LogP contribution in [0.4, 0.5) is 0 Å². The number of aryl methyl sites for hydroxylation is 1. The molecule has 0 bridgehead atoms. The molecule has 1 aromatic rings. The highest BCUT2D eigenvalue weighted by Gasteiger charge is 2.48. The van der Waals surface area contributed by atoms with Crippen molar-refractivity contribution in [2.75, 3.05) is 6.54 Å². The van der Waals surface area contributed by atoms with Crippen LogP contribution in [0.3, 0.4) is 0 Å². The third-order valence-corrected chi connectivity index (χ3v) is 5.77. The molecule has 0 spiro atoms. The molecule has 0 unspecified atom stereocenters. The van der Waals surface area contributed by atoms with Crippen LogP contribution in [0.25, 0.3) is 0 Å². The Kier molecular flexibility index (Phi) is 5.03. The van der Waals surface area contributed by atoms with Crippen LogP contribution in [0.15, 0.2) is 24.3 Å². The minimum Gasteiger partial charge on any atom is -0.391 e. The van der Waals surface area contributed by atoms with Gasteiger partial charge in [-0.2, -0.15) is 0 Å². The summed E-state index contributed by atoms with van der Waals surface area (Å²) in [5.41, 5.74) is 2.84. The molecule has 2 aliphatic heterocycles. The zero-order chi connectivity index (χ0) is 17.5. The molecule has 134 valence electrons. The molecule has 3 rings (SSSR count). The first-order valence-corrected chi connectivity index (χ1v) is 9.17. The summed E-state index contributed by atoms with van der Waals surface area (Å²) < 4.78 is 0. The van der Waals surface area contributed by atoms with Crippen molar-refractivity contribution >= 4 is 0 Å². The van der Waals surface area contributed by atoms with E-state index in [9.17, 15) is 15.3 Å². The lowest BCUT2D eigenvalue weighted by Gasteiger charge is -2.41. The molecular formula is C20H31NO3. The fourth-order valence-corrected chi connectivity index (χ4v) is 4.23. The number of piperidine rings is 1. The fourth-order valence-electron chi connectivity index (χ4n) is 4.23. The van der Waals surface area contributed by atoms with Gasteiger partial charge in [0.25, 0.3) is 0 Å². The third kappa shape index (κ3) is 3.52. The molecule has 4 nitrogen and oxygen atoms in total. The number of fused-ring (bicyclic) bond motifs is 1. The fraction of sp³-hybridized carbons (Fsp3) is 0.700. The van der Waals surface area contributed by atoms with Crippen molar-refractivity contribution in [2.24, 2.45) is 0 Å². The number of benzene rings is 1. The second-order valence-electron chi connectivity index (χ2n) is 8.53. The van der Waals surface area contributed by atoms with Crippen molar-refractivity contribution in [3.63, 3.8) is 0 Å². The highest BCUT2D eigenvalue weighted by atomic mass is 16.3. The van der Waals surface area contributed by atoms with Crippen LogP contribution in [0, 0.1) is 0 Å². The van der Waals surface area contributed by atoms with Crippen LogP contribution in [0.5, 0.6) is 0 Å². The average molecular weight is 333 g/mol. The second-order valence-corrected chi connectivity index (χ2v) is 8.53. The Balaban J connectivity index is 1.62. The van der Waals surface area contributed by atoms with Crippen LogP contribution in [-0.4, -0.2) is 57.2 Å². The lowest BCUT2D eigenvalue weighted by atomic mass is 9.86. The molecule has 2 heterocycles. The van der Waals surface area contributed by atoms with Gasteiger partial charge in [-0.05, 0) is 42.2 Å². The average Bonchev–Trinajstić information content (AvgIpc) is 2.83. The maximum absolute atomic E-state index is 10.2. The van der Waals surface area contributed by atoms with Gasteiger partial charge in [0.1, 0.15) is 0 Å². The predicted molar refractivity (Wildman–Crippen MR) is 95.0 cm³/mol. The van der Waals surface area contributed by atoms with E-state index in [1.165, 1.54) is 11.1 Å². The van der Waals surface area contributed by atoms with E-state index in [4.69, 9.17) is 0 Å². The Morgan fingerprint density at radius 1 is 1.00 bits per heavy atom. The molecule has 4 heteroatoms. The van der Waals surface area contributed by atoms with Crippen molar-refractivity contribution in [1.29, 1.82) is 0 Å². The molecule has 1 aromatic carbocycles. The predicted octanol–water partition coefficient (Wildman–Crippen LogP) is 1.85. The summed E-state index contributed by atoms with van der Waals surface area (Å²) in [7, 11) is 0. The molecule has 0 amide bonds. The molecule has 2 saturated heterocycles. The minimum absolute atomic E-state index is 0.174. The molecule has 0 aliphatic carbocycles. The van der Waals surface area contributed by atoms with Crippen molar-refractivity contribution in [3.8, 4) is 0 Å². The van der Waals surface area contributed by atoms with Gasteiger partial charge in [0.2, 0.25) is 0 Å². The summed E-state index contributed by atoms with van der Waals surface area (Å²) in [4.78, 5) is 2.13. The number of nitrogens with zero attached hydrogens (tertiary/aromatic N) is 1. The molecule has 0 saturated carbocycles. The standard InChI is InChI=1S/C20H31NO3/c1-20(2,3)14-7-4-13(5-8-14)6-9-15-10-11-16(22)18-19(24)17(23)12-21(15)18/h4-5,7-8,15-19,22-24H,6,9-12H2,1-3H3/t15-,16+,17+,18+,19+/m0/s1. The van der Waals surface area contributed by atoms with Gasteiger partial charge in [0, 0.05) is 12.6 Å². The molecule has 2 fully saturated rings. The lowest BCUT2D eigenvalue weighted by Crippen LogP contribution is -2.53. The Morgan fingerprint density at radius 3 is 2.29 bits per heavy atom. The van der Waals surface area contributed by atoms with Crippen LogP contribution >= 0.6 is 0 Å². The maximum Gasteiger partial charge on any atom is 0.0991 e. The largest absolute Gasteiger partial charge is 0.391 e. The van der Waals surface area contributed by atoms with E-state index in [0.29, 0.717) is 19.0 Å². The Morgan fingerprint density at radius 2 is 1.67 bits per heavy atom. The topological polar surface area (TPSA) is 63.9 Å². The number of aliphatic hydroxyl groups is 3. The number of hydrogen-bond acceptors (Lipinski definition) is 4. The quantitative estimate of drug-likeness (QED) is 0.790. The Bertz CT molecular complexity index is 551. The van der Waals surface area contributed by atoms with Gasteiger partial charge in [0.15, 0.2) is 0 Å². The van der Waals surface area contributed by atoms with E-state index in [-0.39, 0.29) is 11.5 Å². The van der Waals surface area contributed by atoms with Gasteiger partial charge in [-0.15, -0.1) is 0 Å². The third-order valence-electron chi connectivity index (χ3n) is 5.77. The molecule has 0 radical (unpaired) electrons. The van der Waals surface area contributed by atoms with E-state index >= 15 is 0 Å². The van der Waals surface area contributed by atoms with Crippen LogP contribution in [0.1, 0.15) is 51.2 Å². The van der Waals surface area contributed by atoms with Gasteiger partial charge < -0.3 is 15.3 Å². The van der Waals surface area contributed by atoms with E-state index < -0.39 is 18.3 Å². The van der Waals surface area contributed by atoms with E-state index in [1.807, 2.05) is 0 Å². The van der Waals surface area contributed by atoms with E-state index in [1.54, 1.807) is 0 Å². The zero-order valence-corrected chi connectivity index (χ0v) is 15.0. The monoisotopic (exact) mass is 333 g/mol.